The molecule has 0 bridgehead atoms. The lowest BCUT2D eigenvalue weighted by atomic mass is 10.1. The monoisotopic (exact) mass is 225 g/mol. The summed E-state index contributed by atoms with van der Waals surface area (Å²) in [6.45, 7) is 2.52. The second-order valence-corrected chi connectivity index (χ2v) is 4.00. The zero-order chi connectivity index (χ0) is 11.7. The van der Waals surface area contributed by atoms with Crippen molar-refractivity contribution in [2.75, 3.05) is 26.7 Å². The summed E-state index contributed by atoms with van der Waals surface area (Å²) >= 11 is 0. The van der Waals surface area contributed by atoms with Gasteiger partial charge in [-0.05, 0) is 7.05 Å². The number of nitrogens with zero attached hydrogens (tertiary/aromatic N) is 4. The highest BCUT2D eigenvalue weighted by Gasteiger charge is 2.30. The van der Waals surface area contributed by atoms with Crippen LogP contribution in [-0.4, -0.2) is 46.3 Å². The highest BCUT2D eigenvalue weighted by molar-refractivity contribution is 5.36. The molecule has 7 heteroatoms. The molecule has 1 saturated heterocycles. The van der Waals surface area contributed by atoms with Gasteiger partial charge in [0, 0.05) is 26.7 Å². The molecule has 0 aliphatic carbocycles. The minimum absolute atomic E-state index is 0.0154. The van der Waals surface area contributed by atoms with Gasteiger partial charge >= 0.3 is 5.69 Å². The van der Waals surface area contributed by atoms with Gasteiger partial charge in [0.05, 0.1) is 11.0 Å². The summed E-state index contributed by atoms with van der Waals surface area (Å²) < 4.78 is 1.59. The van der Waals surface area contributed by atoms with Crippen molar-refractivity contribution in [2.24, 2.45) is 7.05 Å². The summed E-state index contributed by atoms with van der Waals surface area (Å²) in [7, 11) is 3.72. The van der Waals surface area contributed by atoms with E-state index in [1.54, 1.807) is 11.7 Å². The smallest absolute Gasteiger partial charge is 0.311 e. The van der Waals surface area contributed by atoms with Gasteiger partial charge in [0.25, 0.3) is 0 Å². The number of nitrogens with one attached hydrogen (secondary N) is 1. The van der Waals surface area contributed by atoms with E-state index in [4.69, 9.17) is 0 Å². The molecular weight excluding hydrogens is 210 g/mol. The molecule has 1 aliphatic rings. The van der Waals surface area contributed by atoms with Crippen molar-refractivity contribution in [3.05, 3.63) is 22.0 Å². The molecule has 1 atom stereocenters. The Morgan fingerprint density at radius 1 is 1.62 bits per heavy atom. The molecule has 0 radical (unpaired) electrons. The van der Waals surface area contributed by atoms with E-state index >= 15 is 0 Å². The third-order valence-corrected chi connectivity index (χ3v) is 2.99. The number of hydrogen-bond donors (Lipinski definition) is 1. The van der Waals surface area contributed by atoms with E-state index in [1.807, 2.05) is 7.05 Å². The first-order chi connectivity index (χ1) is 7.61. The topological polar surface area (TPSA) is 76.2 Å². The largest absolute Gasteiger partial charge is 0.313 e. The Hall–Kier alpha value is -1.47. The van der Waals surface area contributed by atoms with E-state index in [0.717, 1.165) is 19.6 Å². The summed E-state index contributed by atoms with van der Waals surface area (Å²) in [5.41, 5.74) is 0.766. The summed E-state index contributed by atoms with van der Waals surface area (Å²) in [6, 6.07) is 0.0154. The van der Waals surface area contributed by atoms with Gasteiger partial charge in [0.15, 0.2) is 0 Å². The lowest BCUT2D eigenvalue weighted by Gasteiger charge is -2.32. The fourth-order valence-electron chi connectivity index (χ4n) is 2.07. The van der Waals surface area contributed by atoms with Crippen LogP contribution in [0, 0.1) is 10.1 Å². The maximum absolute atomic E-state index is 10.9. The van der Waals surface area contributed by atoms with Crippen LogP contribution in [-0.2, 0) is 7.05 Å². The number of aromatic nitrogens is 2. The molecule has 2 heterocycles. The third kappa shape index (κ3) is 1.79. The average molecular weight is 225 g/mol. The van der Waals surface area contributed by atoms with Crippen LogP contribution in [0.25, 0.3) is 0 Å². The standard InChI is InChI=1S/C9H15N5O2/c1-12-4-3-10-5-7(12)9-8(14(15)16)6-11-13(9)2/h6-7,10H,3-5H2,1-2H3. The first kappa shape index (κ1) is 11.0. The van der Waals surface area contributed by atoms with Gasteiger partial charge in [0.2, 0.25) is 0 Å². The van der Waals surface area contributed by atoms with Crippen molar-refractivity contribution in [3.8, 4) is 0 Å². The van der Waals surface area contributed by atoms with Gasteiger partial charge in [-0.1, -0.05) is 0 Å². The maximum Gasteiger partial charge on any atom is 0.311 e. The Morgan fingerprint density at radius 3 is 3.00 bits per heavy atom. The Bertz CT molecular complexity index is 403. The summed E-state index contributed by atoms with van der Waals surface area (Å²) in [6.07, 6.45) is 1.32. The van der Waals surface area contributed by atoms with Crippen LogP contribution in [0.2, 0.25) is 0 Å². The minimum Gasteiger partial charge on any atom is -0.313 e. The van der Waals surface area contributed by atoms with Gasteiger partial charge in [-0.15, -0.1) is 0 Å². The number of rotatable bonds is 2. The first-order valence-electron chi connectivity index (χ1n) is 5.18. The number of nitro groups is 1. The molecule has 2 rings (SSSR count). The predicted molar refractivity (Wildman–Crippen MR) is 58.1 cm³/mol. The molecule has 7 nitrogen and oxygen atoms in total. The van der Waals surface area contributed by atoms with Crippen LogP contribution >= 0.6 is 0 Å². The predicted octanol–water partition coefficient (Wildman–Crippen LogP) is -0.0956. The van der Waals surface area contributed by atoms with Crippen molar-refractivity contribution in [1.29, 1.82) is 0 Å². The third-order valence-electron chi connectivity index (χ3n) is 2.99. The summed E-state index contributed by atoms with van der Waals surface area (Å²) in [4.78, 5) is 12.6. The van der Waals surface area contributed by atoms with E-state index in [1.165, 1.54) is 6.20 Å². The van der Waals surface area contributed by atoms with Crippen molar-refractivity contribution in [3.63, 3.8) is 0 Å². The second-order valence-electron chi connectivity index (χ2n) is 4.00. The highest BCUT2D eigenvalue weighted by atomic mass is 16.6. The fraction of sp³-hybridized carbons (Fsp3) is 0.667. The van der Waals surface area contributed by atoms with Crippen molar-refractivity contribution in [2.45, 2.75) is 6.04 Å². The minimum atomic E-state index is -0.370. The highest BCUT2D eigenvalue weighted by Crippen LogP contribution is 2.28. The SMILES string of the molecule is CN1CCNCC1c1c([N+](=O)[O-])cnn1C. The molecule has 1 aromatic rings. The molecule has 0 amide bonds. The molecule has 1 unspecified atom stereocenters. The molecule has 1 aliphatic heterocycles. The quantitative estimate of drug-likeness (QED) is 0.562. The lowest BCUT2D eigenvalue weighted by molar-refractivity contribution is -0.386. The molecule has 0 aromatic carbocycles. The summed E-state index contributed by atoms with van der Waals surface area (Å²) in [5, 5.41) is 18.1. The van der Waals surface area contributed by atoms with Gasteiger partial charge in [-0.3, -0.25) is 19.7 Å². The van der Waals surface area contributed by atoms with Crippen LogP contribution in [0.3, 0.4) is 0 Å². The van der Waals surface area contributed by atoms with Crippen molar-refractivity contribution >= 4 is 5.69 Å². The van der Waals surface area contributed by atoms with Crippen molar-refractivity contribution in [1.82, 2.24) is 20.0 Å². The Morgan fingerprint density at radius 2 is 2.38 bits per heavy atom. The molecule has 88 valence electrons. The second kappa shape index (κ2) is 4.18. The number of piperazine rings is 1. The van der Waals surface area contributed by atoms with Crippen LogP contribution in [0.5, 0.6) is 0 Å². The van der Waals surface area contributed by atoms with Gasteiger partial charge in [-0.2, -0.15) is 5.10 Å². The van der Waals surface area contributed by atoms with Gasteiger partial charge in [-0.25, -0.2) is 0 Å². The van der Waals surface area contributed by atoms with Gasteiger partial charge in [0.1, 0.15) is 11.9 Å². The molecule has 0 spiro atoms. The van der Waals surface area contributed by atoms with Crippen molar-refractivity contribution < 1.29 is 4.92 Å². The van der Waals surface area contributed by atoms with Crippen LogP contribution in [0.4, 0.5) is 5.69 Å². The fourth-order valence-corrected chi connectivity index (χ4v) is 2.07. The van der Waals surface area contributed by atoms with E-state index in [-0.39, 0.29) is 16.7 Å². The summed E-state index contributed by atoms with van der Waals surface area (Å²) in [5.74, 6) is 0. The van der Waals surface area contributed by atoms with E-state index in [9.17, 15) is 10.1 Å². The van der Waals surface area contributed by atoms with Crippen LogP contribution < -0.4 is 5.32 Å². The van der Waals surface area contributed by atoms with E-state index in [2.05, 4.69) is 15.3 Å². The molecular formula is C9H15N5O2. The zero-order valence-electron chi connectivity index (χ0n) is 9.38. The average Bonchev–Trinajstić information content (AvgIpc) is 2.61. The Balaban J connectivity index is 2.37. The normalized spacial score (nSPS) is 22.2. The maximum atomic E-state index is 10.9. The zero-order valence-corrected chi connectivity index (χ0v) is 9.38. The molecule has 0 saturated carbocycles. The van der Waals surface area contributed by atoms with E-state index < -0.39 is 0 Å². The number of aryl methyl sites for hydroxylation is 1. The van der Waals surface area contributed by atoms with Gasteiger partial charge < -0.3 is 5.32 Å². The molecule has 1 aromatic heterocycles. The molecule has 1 fully saturated rings. The molecule has 16 heavy (non-hydrogen) atoms. The van der Waals surface area contributed by atoms with E-state index in [0.29, 0.717) is 5.69 Å². The van der Waals surface area contributed by atoms with Crippen LogP contribution in [0.1, 0.15) is 11.7 Å². The molecule has 1 N–H and O–H groups in total. The Labute approximate surface area is 93.2 Å². The lowest BCUT2D eigenvalue weighted by Crippen LogP contribution is -2.44. The number of likely N-dealkylation sites (N-methyl/N-ethyl adjacent to an activating group) is 1. The van der Waals surface area contributed by atoms with Crippen LogP contribution in [0.15, 0.2) is 6.20 Å². The first-order valence-corrected chi connectivity index (χ1v) is 5.18. The Kier molecular flexibility index (Phi) is 2.88. The number of hydrogen-bond acceptors (Lipinski definition) is 5.